The SMILES string of the molecule is N=C(N)SCCC(=O)Nc1c(Cl)cccc1Cl. The summed E-state index contributed by atoms with van der Waals surface area (Å²) >= 11 is 12.9. The third kappa shape index (κ3) is 4.85. The zero-order chi connectivity index (χ0) is 12.8. The van der Waals surface area contributed by atoms with Crippen LogP contribution in [0.5, 0.6) is 0 Å². The van der Waals surface area contributed by atoms with Gasteiger partial charge < -0.3 is 11.1 Å². The van der Waals surface area contributed by atoms with Crippen LogP contribution in [0.1, 0.15) is 6.42 Å². The first kappa shape index (κ1) is 14.2. The van der Waals surface area contributed by atoms with Crippen LogP contribution in [0.3, 0.4) is 0 Å². The fraction of sp³-hybridized carbons (Fsp3) is 0.200. The second-order valence-corrected chi connectivity index (χ2v) is 5.06. The largest absolute Gasteiger partial charge is 0.379 e. The molecular weight excluding hydrogens is 281 g/mol. The number of nitrogens with two attached hydrogens (primary N) is 1. The summed E-state index contributed by atoms with van der Waals surface area (Å²) in [6.45, 7) is 0. The molecule has 0 aliphatic rings. The van der Waals surface area contributed by atoms with Crippen molar-refractivity contribution in [1.82, 2.24) is 0 Å². The Hall–Kier alpha value is -0.910. The van der Waals surface area contributed by atoms with Crippen LogP contribution in [0.4, 0.5) is 5.69 Å². The van der Waals surface area contributed by atoms with Gasteiger partial charge in [-0.3, -0.25) is 10.2 Å². The summed E-state index contributed by atoms with van der Waals surface area (Å²) in [7, 11) is 0. The van der Waals surface area contributed by atoms with Crippen molar-refractivity contribution in [2.24, 2.45) is 5.73 Å². The van der Waals surface area contributed by atoms with Crippen molar-refractivity contribution in [2.45, 2.75) is 6.42 Å². The molecule has 0 atom stereocenters. The molecule has 4 N–H and O–H groups in total. The van der Waals surface area contributed by atoms with Crippen LogP contribution >= 0.6 is 35.0 Å². The first-order valence-corrected chi connectivity index (χ1v) is 6.45. The molecular formula is C10H11Cl2N3OS. The molecule has 1 rings (SSSR count). The molecule has 4 nitrogen and oxygen atoms in total. The highest BCUT2D eigenvalue weighted by atomic mass is 35.5. The van der Waals surface area contributed by atoms with Gasteiger partial charge in [-0.05, 0) is 12.1 Å². The fourth-order valence-corrected chi connectivity index (χ4v) is 2.07. The van der Waals surface area contributed by atoms with E-state index in [0.29, 0.717) is 21.5 Å². The van der Waals surface area contributed by atoms with Crippen molar-refractivity contribution in [1.29, 1.82) is 5.41 Å². The van der Waals surface area contributed by atoms with Gasteiger partial charge in [0.25, 0.3) is 0 Å². The van der Waals surface area contributed by atoms with Gasteiger partial charge in [0.15, 0.2) is 5.17 Å². The minimum absolute atomic E-state index is 0.00595. The van der Waals surface area contributed by atoms with Gasteiger partial charge >= 0.3 is 0 Å². The number of benzene rings is 1. The average molecular weight is 292 g/mol. The van der Waals surface area contributed by atoms with Gasteiger partial charge in [0.1, 0.15) is 0 Å². The van der Waals surface area contributed by atoms with Crippen LogP contribution in [0.2, 0.25) is 10.0 Å². The maximum Gasteiger partial charge on any atom is 0.225 e. The molecule has 1 amide bonds. The fourth-order valence-electron chi connectivity index (χ4n) is 1.07. The highest BCUT2D eigenvalue weighted by Gasteiger charge is 2.09. The highest BCUT2D eigenvalue weighted by Crippen LogP contribution is 2.29. The Balaban J connectivity index is 2.53. The molecule has 1 aromatic carbocycles. The molecule has 17 heavy (non-hydrogen) atoms. The summed E-state index contributed by atoms with van der Waals surface area (Å²) in [4.78, 5) is 11.5. The number of nitrogens with one attached hydrogen (secondary N) is 2. The number of rotatable bonds is 4. The number of halogens is 2. The summed E-state index contributed by atoms with van der Waals surface area (Å²) in [6.07, 6.45) is 0.242. The van der Waals surface area contributed by atoms with Crippen LogP contribution in [-0.2, 0) is 4.79 Å². The van der Waals surface area contributed by atoms with E-state index in [2.05, 4.69) is 5.32 Å². The lowest BCUT2D eigenvalue weighted by molar-refractivity contribution is -0.115. The Bertz CT molecular complexity index is 419. The van der Waals surface area contributed by atoms with Crippen LogP contribution in [0.15, 0.2) is 18.2 Å². The molecule has 7 heteroatoms. The lowest BCUT2D eigenvalue weighted by Gasteiger charge is -2.08. The molecule has 0 fully saturated rings. The van der Waals surface area contributed by atoms with E-state index in [-0.39, 0.29) is 17.5 Å². The van der Waals surface area contributed by atoms with Crippen molar-refractivity contribution in [3.05, 3.63) is 28.2 Å². The van der Waals surface area contributed by atoms with Crippen LogP contribution < -0.4 is 11.1 Å². The molecule has 1 aromatic rings. The van der Waals surface area contributed by atoms with Gasteiger partial charge in [-0.2, -0.15) is 0 Å². The zero-order valence-corrected chi connectivity index (χ0v) is 11.1. The van der Waals surface area contributed by atoms with E-state index >= 15 is 0 Å². The molecule has 0 spiro atoms. The van der Waals surface area contributed by atoms with E-state index in [9.17, 15) is 4.79 Å². The number of hydrogen-bond acceptors (Lipinski definition) is 3. The Morgan fingerprint density at radius 3 is 2.53 bits per heavy atom. The molecule has 0 aliphatic heterocycles. The summed E-state index contributed by atoms with van der Waals surface area (Å²) < 4.78 is 0. The van der Waals surface area contributed by atoms with Gasteiger partial charge in [0, 0.05) is 12.2 Å². The standard InChI is InChI=1S/C10H11Cl2N3OS/c11-6-2-1-3-7(12)9(6)15-8(16)4-5-17-10(13)14/h1-3H,4-5H2,(H3,13,14)(H,15,16). The smallest absolute Gasteiger partial charge is 0.225 e. The topological polar surface area (TPSA) is 79.0 Å². The first-order valence-electron chi connectivity index (χ1n) is 4.71. The van der Waals surface area contributed by atoms with Crippen LogP contribution in [-0.4, -0.2) is 16.8 Å². The molecule has 0 aromatic heterocycles. The molecule has 0 saturated carbocycles. The van der Waals surface area contributed by atoms with E-state index in [1.807, 2.05) is 0 Å². The van der Waals surface area contributed by atoms with E-state index in [0.717, 1.165) is 11.8 Å². The number of carbonyl (C=O) groups excluding carboxylic acids is 1. The molecule has 92 valence electrons. The number of anilines is 1. The zero-order valence-electron chi connectivity index (χ0n) is 8.80. The second-order valence-electron chi connectivity index (χ2n) is 3.11. The molecule has 0 saturated heterocycles. The second kappa shape index (κ2) is 6.74. The predicted molar refractivity (Wildman–Crippen MR) is 74.1 cm³/mol. The Morgan fingerprint density at radius 1 is 1.41 bits per heavy atom. The maximum absolute atomic E-state index is 11.5. The number of thioether (sulfide) groups is 1. The monoisotopic (exact) mass is 291 g/mol. The predicted octanol–water partition coefficient (Wildman–Crippen LogP) is 2.95. The lowest BCUT2D eigenvalue weighted by atomic mass is 10.3. The van der Waals surface area contributed by atoms with E-state index in [4.69, 9.17) is 34.3 Å². The number of amides is 1. The van der Waals surface area contributed by atoms with Crippen molar-refractivity contribution in [3.63, 3.8) is 0 Å². The maximum atomic E-state index is 11.5. The molecule has 0 aliphatic carbocycles. The van der Waals surface area contributed by atoms with Crippen LogP contribution in [0.25, 0.3) is 0 Å². The van der Waals surface area contributed by atoms with E-state index in [1.54, 1.807) is 18.2 Å². The Kier molecular flexibility index (Phi) is 5.61. The van der Waals surface area contributed by atoms with Gasteiger partial charge in [-0.15, -0.1) is 0 Å². The van der Waals surface area contributed by atoms with Crippen molar-refractivity contribution in [3.8, 4) is 0 Å². The van der Waals surface area contributed by atoms with Crippen molar-refractivity contribution in [2.75, 3.05) is 11.1 Å². The molecule has 0 heterocycles. The number of carbonyl (C=O) groups is 1. The normalized spacial score (nSPS) is 10.0. The third-order valence-electron chi connectivity index (χ3n) is 1.81. The number of hydrogen-bond donors (Lipinski definition) is 3. The van der Waals surface area contributed by atoms with Gasteiger partial charge in [-0.25, -0.2) is 0 Å². The van der Waals surface area contributed by atoms with Gasteiger partial charge in [-0.1, -0.05) is 41.0 Å². The summed E-state index contributed by atoms with van der Waals surface area (Å²) in [5.41, 5.74) is 5.56. The minimum Gasteiger partial charge on any atom is -0.379 e. The van der Waals surface area contributed by atoms with Crippen molar-refractivity contribution >= 4 is 51.7 Å². The van der Waals surface area contributed by atoms with Crippen LogP contribution in [0, 0.1) is 5.41 Å². The third-order valence-corrected chi connectivity index (χ3v) is 3.16. The van der Waals surface area contributed by atoms with Crippen molar-refractivity contribution < 1.29 is 4.79 Å². The van der Waals surface area contributed by atoms with Gasteiger partial charge in [0.05, 0.1) is 15.7 Å². The van der Waals surface area contributed by atoms with Gasteiger partial charge in [0.2, 0.25) is 5.91 Å². The Labute approximate surface area is 113 Å². The van der Waals surface area contributed by atoms with E-state index in [1.165, 1.54) is 0 Å². The molecule has 0 unspecified atom stereocenters. The highest BCUT2D eigenvalue weighted by molar-refractivity contribution is 8.13. The quantitative estimate of drug-likeness (QED) is 0.589. The number of para-hydroxylation sites is 1. The molecule has 0 bridgehead atoms. The van der Waals surface area contributed by atoms with E-state index < -0.39 is 0 Å². The Morgan fingerprint density at radius 2 is 2.00 bits per heavy atom. The summed E-state index contributed by atoms with van der Waals surface area (Å²) in [5.74, 6) is 0.234. The summed E-state index contributed by atoms with van der Waals surface area (Å²) in [6, 6.07) is 4.99. The first-order chi connectivity index (χ1) is 8.00. The molecule has 0 radical (unpaired) electrons. The minimum atomic E-state index is -0.214. The summed E-state index contributed by atoms with van der Waals surface area (Å²) in [5, 5.41) is 10.4. The lowest BCUT2D eigenvalue weighted by Crippen LogP contribution is -2.14. The average Bonchev–Trinajstić information content (AvgIpc) is 2.23. The number of amidine groups is 1.